The molecule has 1 aromatic rings. The summed E-state index contributed by atoms with van der Waals surface area (Å²) in [6, 6.07) is 4.87. The van der Waals surface area contributed by atoms with E-state index in [9.17, 15) is 19.2 Å². The van der Waals surface area contributed by atoms with Crippen molar-refractivity contribution in [1.82, 2.24) is 10.2 Å². The molecule has 0 bridgehead atoms. The Morgan fingerprint density at radius 3 is 2.92 bits per heavy atom. The first-order chi connectivity index (χ1) is 12.6. The van der Waals surface area contributed by atoms with Gasteiger partial charge in [-0.25, -0.2) is 0 Å². The lowest BCUT2D eigenvalue weighted by Crippen LogP contribution is -2.52. The first-order valence-electron chi connectivity index (χ1n) is 8.14. The summed E-state index contributed by atoms with van der Waals surface area (Å²) in [5, 5.41) is 2.30. The first-order valence-corrected chi connectivity index (χ1v) is 9.12. The second-order valence-corrected chi connectivity index (χ2v) is 6.96. The van der Waals surface area contributed by atoms with Gasteiger partial charge in [-0.15, -0.1) is 11.8 Å². The van der Waals surface area contributed by atoms with Crippen LogP contribution in [0, 0.1) is 0 Å². The van der Waals surface area contributed by atoms with E-state index in [0.717, 1.165) is 10.5 Å². The number of nitrogens with one attached hydrogen (secondary N) is 1. The zero-order valence-electron chi connectivity index (χ0n) is 13.9. The van der Waals surface area contributed by atoms with Crippen LogP contribution in [0.1, 0.15) is 28.8 Å². The molecular formula is C17H18N2O6S. The molecule has 2 aliphatic heterocycles. The summed E-state index contributed by atoms with van der Waals surface area (Å²) in [6.45, 7) is 0.983. The number of ether oxygens (including phenoxy) is 2. The number of imide groups is 1. The summed E-state index contributed by atoms with van der Waals surface area (Å²) < 4.78 is 9.59. The molecule has 138 valence electrons. The third-order valence-corrected chi connectivity index (χ3v) is 5.31. The van der Waals surface area contributed by atoms with Gasteiger partial charge in [-0.2, -0.15) is 0 Å². The SMILES string of the molecule is O=COCOCCSc1cccc2c1CN(C1CCC(=O)NC1=O)C2=O. The minimum absolute atomic E-state index is 0.0846. The number of nitrogens with zero attached hydrogens (tertiary/aromatic N) is 1. The number of fused-ring (bicyclic) bond motifs is 1. The van der Waals surface area contributed by atoms with Gasteiger partial charge in [0, 0.05) is 29.2 Å². The third kappa shape index (κ3) is 3.88. The average molecular weight is 378 g/mol. The summed E-state index contributed by atoms with van der Waals surface area (Å²) in [5.41, 5.74) is 1.47. The largest absolute Gasteiger partial charge is 0.441 e. The molecule has 2 aliphatic rings. The molecule has 9 heteroatoms. The van der Waals surface area contributed by atoms with Crippen LogP contribution in [-0.2, 0) is 30.4 Å². The number of piperidine rings is 1. The van der Waals surface area contributed by atoms with Gasteiger partial charge in [0.05, 0.1) is 6.61 Å². The maximum absolute atomic E-state index is 12.7. The number of carbonyl (C=O) groups excluding carboxylic acids is 4. The van der Waals surface area contributed by atoms with Crippen LogP contribution in [0.5, 0.6) is 0 Å². The Morgan fingerprint density at radius 2 is 2.15 bits per heavy atom. The Labute approximate surface area is 154 Å². The smallest absolute Gasteiger partial charge is 0.295 e. The van der Waals surface area contributed by atoms with E-state index in [-0.39, 0.29) is 25.0 Å². The normalized spacial score (nSPS) is 19.3. The zero-order valence-corrected chi connectivity index (χ0v) is 14.8. The van der Waals surface area contributed by atoms with Crippen molar-refractivity contribution in [2.24, 2.45) is 0 Å². The van der Waals surface area contributed by atoms with E-state index in [1.54, 1.807) is 6.07 Å². The van der Waals surface area contributed by atoms with Crippen molar-refractivity contribution in [1.29, 1.82) is 0 Å². The van der Waals surface area contributed by atoms with Gasteiger partial charge < -0.3 is 14.4 Å². The Kier molecular flexibility index (Phi) is 5.89. The lowest BCUT2D eigenvalue weighted by Gasteiger charge is -2.29. The van der Waals surface area contributed by atoms with Crippen LogP contribution in [0.2, 0.25) is 0 Å². The lowest BCUT2D eigenvalue weighted by atomic mass is 10.0. The van der Waals surface area contributed by atoms with E-state index in [2.05, 4.69) is 10.1 Å². The lowest BCUT2D eigenvalue weighted by molar-refractivity contribution is -0.140. The van der Waals surface area contributed by atoms with Crippen molar-refractivity contribution in [3.05, 3.63) is 29.3 Å². The van der Waals surface area contributed by atoms with Gasteiger partial charge in [0.1, 0.15) is 6.04 Å². The van der Waals surface area contributed by atoms with Crippen LogP contribution in [0.3, 0.4) is 0 Å². The summed E-state index contributed by atoms with van der Waals surface area (Å²) >= 11 is 1.53. The van der Waals surface area contributed by atoms with Crippen LogP contribution in [0.15, 0.2) is 23.1 Å². The van der Waals surface area contributed by atoms with Gasteiger partial charge in [0.2, 0.25) is 11.8 Å². The van der Waals surface area contributed by atoms with Crippen LogP contribution < -0.4 is 5.32 Å². The molecule has 1 fully saturated rings. The molecular weight excluding hydrogens is 360 g/mol. The van der Waals surface area contributed by atoms with Gasteiger partial charge in [-0.05, 0) is 24.1 Å². The molecule has 2 heterocycles. The predicted molar refractivity (Wildman–Crippen MR) is 91.2 cm³/mol. The number of hydrogen-bond acceptors (Lipinski definition) is 7. The molecule has 0 saturated carbocycles. The highest BCUT2D eigenvalue weighted by molar-refractivity contribution is 7.99. The fourth-order valence-electron chi connectivity index (χ4n) is 3.04. The van der Waals surface area contributed by atoms with Crippen molar-refractivity contribution in [2.75, 3.05) is 19.2 Å². The number of hydrogen-bond donors (Lipinski definition) is 1. The van der Waals surface area contributed by atoms with Crippen molar-refractivity contribution in [3.63, 3.8) is 0 Å². The summed E-state index contributed by atoms with van der Waals surface area (Å²) in [7, 11) is 0. The van der Waals surface area contributed by atoms with Crippen LogP contribution in [0.4, 0.5) is 0 Å². The molecule has 3 amide bonds. The Bertz CT molecular complexity index is 738. The fourth-order valence-corrected chi connectivity index (χ4v) is 3.98. The van der Waals surface area contributed by atoms with E-state index in [1.165, 1.54) is 16.7 Å². The number of rotatable bonds is 8. The van der Waals surface area contributed by atoms with E-state index >= 15 is 0 Å². The molecule has 8 nitrogen and oxygen atoms in total. The minimum Gasteiger partial charge on any atom is -0.441 e. The standard InChI is InChI=1S/C17H18N2O6S/c20-9-25-10-24-6-7-26-14-3-1-2-11-12(14)8-19(17(11)23)13-4-5-15(21)18-16(13)22/h1-3,9,13H,4-8,10H2,(H,18,21,22). The quantitative estimate of drug-likeness (QED) is 0.233. The van der Waals surface area contributed by atoms with E-state index in [1.807, 2.05) is 12.1 Å². The molecule has 0 aromatic heterocycles. The second-order valence-electron chi connectivity index (χ2n) is 5.82. The molecule has 0 radical (unpaired) electrons. The summed E-state index contributed by atoms with van der Waals surface area (Å²) in [4.78, 5) is 48.6. The summed E-state index contributed by atoms with van der Waals surface area (Å²) in [5.74, 6) is -0.274. The molecule has 0 aliphatic carbocycles. The Hall–Kier alpha value is -2.39. The van der Waals surface area contributed by atoms with Crippen molar-refractivity contribution in [3.8, 4) is 0 Å². The Morgan fingerprint density at radius 1 is 1.31 bits per heavy atom. The van der Waals surface area contributed by atoms with E-state index in [0.29, 0.717) is 37.4 Å². The highest BCUT2D eigenvalue weighted by Crippen LogP contribution is 2.34. The number of carbonyl (C=O) groups is 4. The number of benzene rings is 1. The maximum atomic E-state index is 12.7. The zero-order chi connectivity index (χ0) is 18.5. The van der Waals surface area contributed by atoms with Crippen LogP contribution >= 0.6 is 11.8 Å². The van der Waals surface area contributed by atoms with Gasteiger partial charge in [0.25, 0.3) is 12.4 Å². The van der Waals surface area contributed by atoms with Crippen LogP contribution in [-0.4, -0.2) is 54.3 Å². The van der Waals surface area contributed by atoms with Crippen molar-refractivity contribution in [2.45, 2.75) is 30.3 Å². The van der Waals surface area contributed by atoms with Gasteiger partial charge >= 0.3 is 0 Å². The number of thioether (sulfide) groups is 1. The number of amides is 3. The molecule has 26 heavy (non-hydrogen) atoms. The summed E-state index contributed by atoms with van der Waals surface area (Å²) in [6.07, 6.45) is 0.579. The fraction of sp³-hybridized carbons (Fsp3) is 0.412. The average Bonchev–Trinajstić information content (AvgIpc) is 2.96. The predicted octanol–water partition coefficient (Wildman–Crippen LogP) is 0.687. The molecule has 3 rings (SSSR count). The third-order valence-electron chi connectivity index (χ3n) is 4.24. The topological polar surface area (TPSA) is 102 Å². The van der Waals surface area contributed by atoms with Crippen LogP contribution in [0.25, 0.3) is 0 Å². The maximum Gasteiger partial charge on any atom is 0.295 e. The monoisotopic (exact) mass is 378 g/mol. The van der Waals surface area contributed by atoms with Gasteiger partial charge in [-0.1, -0.05) is 6.07 Å². The Balaban J connectivity index is 1.65. The molecule has 1 atom stereocenters. The van der Waals surface area contributed by atoms with E-state index in [4.69, 9.17) is 4.74 Å². The van der Waals surface area contributed by atoms with Crippen molar-refractivity contribution >= 4 is 36.0 Å². The molecule has 1 N–H and O–H groups in total. The molecule has 0 spiro atoms. The first kappa shape index (κ1) is 18.4. The van der Waals surface area contributed by atoms with Crippen molar-refractivity contribution < 1.29 is 28.7 Å². The van der Waals surface area contributed by atoms with Gasteiger partial charge in [0.15, 0.2) is 6.79 Å². The molecule has 1 saturated heterocycles. The minimum atomic E-state index is -0.616. The second kappa shape index (κ2) is 8.33. The molecule has 1 unspecified atom stereocenters. The molecule has 1 aromatic carbocycles. The highest BCUT2D eigenvalue weighted by atomic mass is 32.2. The highest BCUT2D eigenvalue weighted by Gasteiger charge is 2.39. The van der Waals surface area contributed by atoms with E-state index < -0.39 is 11.9 Å². The van der Waals surface area contributed by atoms with Gasteiger partial charge in [-0.3, -0.25) is 24.5 Å².